The van der Waals surface area contributed by atoms with Gasteiger partial charge in [0.15, 0.2) is 5.75 Å². The number of hydrogen-bond donors (Lipinski definition) is 3. The van der Waals surface area contributed by atoms with Crippen molar-refractivity contribution in [1.29, 1.82) is 0 Å². The van der Waals surface area contributed by atoms with Crippen molar-refractivity contribution in [3.63, 3.8) is 0 Å². The van der Waals surface area contributed by atoms with Crippen LogP contribution in [0.1, 0.15) is 30.6 Å². The summed E-state index contributed by atoms with van der Waals surface area (Å²) in [6.07, 6.45) is 2.27. The second kappa shape index (κ2) is 6.76. The van der Waals surface area contributed by atoms with Gasteiger partial charge in [0.25, 0.3) is 10.9 Å². The number of nitrogens with zero attached hydrogens (tertiary/aromatic N) is 1. The molecule has 1 aromatic heterocycles. The Morgan fingerprint density at radius 2 is 1.76 bits per heavy atom. The summed E-state index contributed by atoms with van der Waals surface area (Å²) in [4.78, 5) is 28.0. The highest BCUT2D eigenvalue weighted by Gasteiger charge is 2.24. The van der Waals surface area contributed by atoms with Crippen molar-refractivity contribution >= 4 is 17.1 Å². The van der Waals surface area contributed by atoms with Crippen molar-refractivity contribution in [1.82, 2.24) is 4.98 Å². The van der Waals surface area contributed by atoms with Crippen LogP contribution in [0.5, 0.6) is 5.75 Å². The Hall–Kier alpha value is -3.15. The molecule has 0 unspecified atom stereocenters. The quantitative estimate of drug-likeness (QED) is 0.599. The van der Waals surface area contributed by atoms with Crippen molar-refractivity contribution in [3.05, 3.63) is 74.3 Å². The highest BCUT2D eigenvalue weighted by molar-refractivity contribution is 5.80. The van der Waals surface area contributed by atoms with Crippen molar-refractivity contribution in [2.45, 2.75) is 26.3 Å². The van der Waals surface area contributed by atoms with Crippen LogP contribution in [-0.2, 0) is 0 Å². The van der Waals surface area contributed by atoms with Crippen LogP contribution in [0, 0.1) is 6.92 Å². The van der Waals surface area contributed by atoms with E-state index >= 15 is 0 Å². The van der Waals surface area contributed by atoms with Gasteiger partial charge >= 0.3 is 0 Å². The van der Waals surface area contributed by atoms with Gasteiger partial charge in [0, 0.05) is 6.20 Å². The molecule has 0 amide bonds. The van der Waals surface area contributed by atoms with E-state index in [2.05, 4.69) is 15.6 Å². The molecule has 3 N–H and O–H groups in total. The minimum absolute atomic E-state index is 0.0448. The summed E-state index contributed by atoms with van der Waals surface area (Å²) in [5, 5.41) is 16.1. The van der Waals surface area contributed by atoms with Gasteiger partial charge in [-0.3, -0.25) is 14.6 Å². The summed E-state index contributed by atoms with van der Waals surface area (Å²) in [7, 11) is 0. The van der Waals surface area contributed by atoms with Gasteiger partial charge in [-0.2, -0.15) is 0 Å². The molecule has 3 rings (SSSR count). The molecule has 1 atom stereocenters. The van der Waals surface area contributed by atoms with Gasteiger partial charge in [0.05, 0.1) is 17.4 Å². The lowest BCUT2D eigenvalue weighted by molar-refractivity contribution is 0.470. The second-order valence-electron chi connectivity index (χ2n) is 5.84. The van der Waals surface area contributed by atoms with E-state index in [4.69, 9.17) is 0 Å². The van der Waals surface area contributed by atoms with Gasteiger partial charge in [0.2, 0.25) is 0 Å². The Bertz CT molecular complexity index is 960. The number of hydrogen-bond acceptors (Lipinski definition) is 6. The molecule has 0 aliphatic rings. The first-order valence-corrected chi connectivity index (χ1v) is 8.09. The molecule has 0 spiro atoms. The SMILES string of the molecule is CC[C@@H](Nc1c(Nc2ccnc(C)c2O)c(=O)c1=O)c1ccccc1. The van der Waals surface area contributed by atoms with Gasteiger partial charge in [0.1, 0.15) is 11.4 Å². The summed E-state index contributed by atoms with van der Waals surface area (Å²) < 4.78 is 0. The average molecular weight is 337 g/mol. The number of aromatic nitrogens is 1. The van der Waals surface area contributed by atoms with E-state index < -0.39 is 10.9 Å². The molecule has 0 saturated heterocycles. The fraction of sp³-hybridized carbons (Fsp3) is 0.211. The largest absolute Gasteiger partial charge is 0.504 e. The maximum absolute atomic E-state index is 12.0. The number of benzene rings is 1. The van der Waals surface area contributed by atoms with Gasteiger partial charge in [-0.15, -0.1) is 0 Å². The molecule has 0 aliphatic heterocycles. The number of aryl methyl sites for hydroxylation is 1. The number of anilines is 3. The lowest BCUT2D eigenvalue weighted by atomic mass is 10.0. The van der Waals surface area contributed by atoms with Gasteiger partial charge in [-0.1, -0.05) is 37.3 Å². The summed E-state index contributed by atoms with van der Waals surface area (Å²) in [6, 6.07) is 11.2. The standard InChI is InChI=1S/C19H19N3O3/c1-3-13(12-7-5-4-6-8-12)21-15-16(19(25)18(15)24)22-14-9-10-20-11(2)17(14)23/h4-10,13,21,23H,3H2,1-2H3,(H,20,22)/t13-/m1/s1. The molecule has 0 aliphatic carbocycles. The van der Waals surface area contributed by atoms with Gasteiger partial charge in [-0.25, -0.2) is 0 Å². The smallest absolute Gasteiger partial charge is 0.253 e. The first-order chi connectivity index (χ1) is 12.0. The third kappa shape index (κ3) is 3.10. The van der Waals surface area contributed by atoms with Crippen molar-refractivity contribution in [2.24, 2.45) is 0 Å². The fourth-order valence-electron chi connectivity index (χ4n) is 2.72. The number of nitrogens with one attached hydrogen (secondary N) is 2. The Morgan fingerprint density at radius 3 is 2.44 bits per heavy atom. The van der Waals surface area contributed by atoms with Gasteiger partial charge in [-0.05, 0) is 25.0 Å². The zero-order valence-corrected chi connectivity index (χ0v) is 14.0. The molecule has 128 valence electrons. The van der Waals surface area contributed by atoms with Crippen molar-refractivity contribution in [2.75, 3.05) is 10.6 Å². The van der Waals surface area contributed by atoms with E-state index in [9.17, 15) is 14.7 Å². The lowest BCUT2D eigenvalue weighted by Crippen LogP contribution is -2.37. The van der Waals surface area contributed by atoms with Crippen LogP contribution in [0.3, 0.4) is 0 Å². The summed E-state index contributed by atoms with van der Waals surface area (Å²) in [5.74, 6) is -0.0448. The van der Waals surface area contributed by atoms with Crippen molar-refractivity contribution < 1.29 is 5.11 Å². The molecular weight excluding hydrogens is 318 g/mol. The molecule has 0 fully saturated rings. The van der Waals surface area contributed by atoms with Crippen LogP contribution in [-0.4, -0.2) is 10.1 Å². The number of aromatic hydroxyl groups is 1. The molecule has 0 radical (unpaired) electrons. The second-order valence-corrected chi connectivity index (χ2v) is 5.84. The zero-order valence-electron chi connectivity index (χ0n) is 14.0. The first kappa shape index (κ1) is 16.7. The normalized spacial score (nSPS) is 12.1. The molecule has 1 heterocycles. The maximum atomic E-state index is 12.0. The van der Waals surface area contributed by atoms with E-state index in [1.54, 1.807) is 13.0 Å². The average Bonchev–Trinajstić information content (AvgIpc) is 2.64. The Morgan fingerprint density at radius 1 is 1.08 bits per heavy atom. The molecule has 3 aromatic rings. The number of pyridine rings is 1. The molecular formula is C19H19N3O3. The predicted octanol–water partition coefficient (Wildman–Crippen LogP) is 3.00. The monoisotopic (exact) mass is 337 g/mol. The fourth-order valence-corrected chi connectivity index (χ4v) is 2.72. The molecule has 6 nitrogen and oxygen atoms in total. The third-order valence-electron chi connectivity index (χ3n) is 4.21. The molecule has 0 bridgehead atoms. The summed E-state index contributed by atoms with van der Waals surface area (Å²) in [6.45, 7) is 3.66. The highest BCUT2D eigenvalue weighted by atomic mass is 16.3. The molecule has 2 aromatic carbocycles. The Kier molecular flexibility index (Phi) is 4.52. The minimum Gasteiger partial charge on any atom is -0.504 e. The lowest BCUT2D eigenvalue weighted by Gasteiger charge is -2.22. The van der Waals surface area contributed by atoms with E-state index in [1.807, 2.05) is 37.3 Å². The Labute approximate surface area is 144 Å². The van der Waals surface area contributed by atoms with Gasteiger partial charge < -0.3 is 15.7 Å². The van der Waals surface area contributed by atoms with Crippen LogP contribution < -0.4 is 21.5 Å². The molecule has 0 saturated carbocycles. The Balaban J connectivity index is 1.89. The molecule has 6 heteroatoms. The van der Waals surface area contributed by atoms with Crippen molar-refractivity contribution in [3.8, 4) is 5.75 Å². The minimum atomic E-state index is -0.598. The summed E-state index contributed by atoms with van der Waals surface area (Å²) >= 11 is 0. The van der Waals surface area contributed by atoms with Crippen LogP contribution in [0.25, 0.3) is 0 Å². The maximum Gasteiger partial charge on any atom is 0.253 e. The first-order valence-electron chi connectivity index (χ1n) is 8.09. The summed E-state index contributed by atoms with van der Waals surface area (Å²) in [5.41, 5.74) is 1.08. The topological polar surface area (TPSA) is 91.3 Å². The predicted molar refractivity (Wildman–Crippen MR) is 98.4 cm³/mol. The van der Waals surface area contributed by atoms with Crippen LogP contribution >= 0.6 is 0 Å². The highest BCUT2D eigenvalue weighted by Crippen LogP contribution is 2.31. The van der Waals surface area contributed by atoms with Crippen LogP contribution in [0.4, 0.5) is 17.1 Å². The van der Waals surface area contributed by atoms with E-state index in [0.717, 1.165) is 12.0 Å². The van der Waals surface area contributed by atoms with E-state index in [-0.39, 0.29) is 23.2 Å². The van der Waals surface area contributed by atoms with Crippen LogP contribution in [0.15, 0.2) is 52.2 Å². The van der Waals surface area contributed by atoms with E-state index in [0.29, 0.717) is 11.4 Å². The molecule has 25 heavy (non-hydrogen) atoms. The third-order valence-corrected chi connectivity index (χ3v) is 4.21. The zero-order chi connectivity index (χ0) is 18.0. The van der Waals surface area contributed by atoms with Crippen LogP contribution in [0.2, 0.25) is 0 Å². The van der Waals surface area contributed by atoms with E-state index in [1.165, 1.54) is 6.20 Å². The number of rotatable bonds is 6.